The minimum atomic E-state index is -0.377. The molecule has 5 heteroatoms. The number of nitrogens with one attached hydrogen (secondary N) is 1. The highest BCUT2D eigenvalue weighted by molar-refractivity contribution is 5.93. The molecule has 4 nitrogen and oxygen atoms in total. The van der Waals surface area contributed by atoms with Crippen LogP contribution in [-0.4, -0.2) is 23.5 Å². The van der Waals surface area contributed by atoms with E-state index in [1.54, 1.807) is 6.20 Å². The van der Waals surface area contributed by atoms with E-state index in [0.29, 0.717) is 18.7 Å². The molecule has 2 heterocycles. The van der Waals surface area contributed by atoms with Gasteiger partial charge in [-0.15, -0.1) is 0 Å². The van der Waals surface area contributed by atoms with Gasteiger partial charge in [0.2, 0.25) is 5.91 Å². The van der Waals surface area contributed by atoms with Gasteiger partial charge < -0.3 is 10.1 Å². The summed E-state index contributed by atoms with van der Waals surface area (Å²) < 4.78 is 20.5. The second-order valence-electron chi connectivity index (χ2n) is 7.64. The Bertz CT molecular complexity index is 1140. The number of amides is 1. The molecule has 3 aromatic rings. The van der Waals surface area contributed by atoms with Gasteiger partial charge in [0, 0.05) is 34.7 Å². The van der Waals surface area contributed by atoms with Gasteiger partial charge in [-0.3, -0.25) is 9.78 Å². The minimum absolute atomic E-state index is 0.0366. The predicted molar refractivity (Wildman–Crippen MR) is 110 cm³/mol. The van der Waals surface area contributed by atoms with Crippen LogP contribution >= 0.6 is 0 Å². The number of carbonyl (C=O) groups excluding carboxylic acids is 1. The lowest BCUT2D eigenvalue weighted by Crippen LogP contribution is -2.35. The third-order valence-electron chi connectivity index (χ3n) is 5.60. The number of pyridine rings is 1. The molecule has 1 N–H and O–H groups in total. The molecule has 1 atom stereocenters. The summed E-state index contributed by atoms with van der Waals surface area (Å²) in [5.74, 6) is -0.120. The molecule has 0 radical (unpaired) electrons. The molecule has 146 valence electrons. The molecule has 2 aliphatic rings. The van der Waals surface area contributed by atoms with Crippen LogP contribution in [0.15, 0.2) is 60.3 Å². The van der Waals surface area contributed by atoms with E-state index in [1.807, 2.05) is 42.5 Å². The van der Waals surface area contributed by atoms with Gasteiger partial charge in [0.25, 0.3) is 0 Å². The summed E-state index contributed by atoms with van der Waals surface area (Å²) in [6, 6.07) is 13.3. The number of hydrogen-bond acceptors (Lipinski definition) is 3. The highest BCUT2D eigenvalue weighted by Crippen LogP contribution is 2.36. The smallest absolute Gasteiger partial charge is 0.247 e. The van der Waals surface area contributed by atoms with Crippen molar-refractivity contribution in [3.63, 3.8) is 0 Å². The van der Waals surface area contributed by atoms with E-state index < -0.39 is 0 Å². The van der Waals surface area contributed by atoms with Crippen molar-refractivity contribution in [3.05, 3.63) is 71.7 Å². The minimum Gasteiger partial charge on any atom is -0.485 e. The zero-order valence-corrected chi connectivity index (χ0v) is 16.0. The molecule has 1 aromatic heterocycles. The van der Waals surface area contributed by atoms with Gasteiger partial charge in [-0.25, -0.2) is 4.39 Å². The second-order valence-corrected chi connectivity index (χ2v) is 7.64. The maximum atomic E-state index is 14.7. The first-order valence-corrected chi connectivity index (χ1v) is 9.99. The Hall–Kier alpha value is -3.21. The molecule has 0 bridgehead atoms. The Kier molecular flexibility index (Phi) is 4.51. The van der Waals surface area contributed by atoms with Crippen molar-refractivity contribution in [1.82, 2.24) is 10.3 Å². The Balaban J connectivity index is 1.34. The van der Waals surface area contributed by atoms with Crippen LogP contribution in [0.4, 0.5) is 4.39 Å². The number of ether oxygens (including phenoxy) is 1. The zero-order valence-electron chi connectivity index (χ0n) is 16.0. The normalized spacial score (nSPS) is 17.7. The van der Waals surface area contributed by atoms with Crippen LogP contribution in [0, 0.1) is 5.82 Å². The lowest BCUT2D eigenvalue weighted by molar-refractivity contribution is -0.117. The number of fused-ring (bicyclic) bond motifs is 2. The Morgan fingerprint density at radius 3 is 2.97 bits per heavy atom. The van der Waals surface area contributed by atoms with Gasteiger partial charge in [0.15, 0.2) is 11.6 Å². The summed E-state index contributed by atoms with van der Waals surface area (Å²) in [7, 11) is 0. The summed E-state index contributed by atoms with van der Waals surface area (Å²) >= 11 is 0. The zero-order chi connectivity index (χ0) is 19.8. The fraction of sp³-hybridized carbons (Fsp3) is 0.250. The first-order valence-electron chi connectivity index (χ1n) is 9.99. The van der Waals surface area contributed by atoms with E-state index in [9.17, 15) is 9.18 Å². The van der Waals surface area contributed by atoms with Crippen LogP contribution in [0.1, 0.15) is 24.8 Å². The van der Waals surface area contributed by atoms with E-state index in [4.69, 9.17) is 4.74 Å². The Labute approximate surface area is 168 Å². The van der Waals surface area contributed by atoms with Crippen molar-refractivity contribution in [1.29, 1.82) is 0 Å². The quantitative estimate of drug-likeness (QED) is 0.712. The van der Waals surface area contributed by atoms with E-state index in [2.05, 4.69) is 10.3 Å². The Morgan fingerprint density at radius 2 is 2.10 bits per heavy atom. The molecular weight excluding hydrogens is 367 g/mol. The fourth-order valence-corrected chi connectivity index (χ4v) is 4.09. The van der Waals surface area contributed by atoms with Gasteiger partial charge in [0.05, 0.1) is 12.1 Å². The van der Waals surface area contributed by atoms with Crippen LogP contribution in [0.2, 0.25) is 0 Å². The number of rotatable bonds is 4. The number of aromatic nitrogens is 1. The number of nitrogens with zero attached hydrogens (tertiary/aromatic N) is 1. The van der Waals surface area contributed by atoms with E-state index >= 15 is 0 Å². The maximum absolute atomic E-state index is 14.7. The van der Waals surface area contributed by atoms with Gasteiger partial charge >= 0.3 is 0 Å². The highest BCUT2D eigenvalue weighted by atomic mass is 19.1. The SMILES string of the molecule is O=C(NC[C@H]1Cc2cc(-c3cnc4ccccc4c3)cc(F)c2O1)C1=CCCC1. The molecule has 1 aliphatic heterocycles. The van der Waals surface area contributed by atoms with Gasteiger partial charge in [-0.1, -0.05) is 24.3 Å². The van der Waals surface area contributed by atoms with Crippen molar-refractivity contribution in [2.45, 2.75) is 31.8 Å². The van der Waals surface area contributed by atoms with E-state index in [0.717, 1.165) is 52.4 Å². The monoisotopic (exact) mass is 388 g/mol. The van der Waals surface area contributed by atoms with Crippen molar-refractivity contribution < 1.29 is 13.9 Å². The number of halogens is 1. The third-order valence-corrected chi connectivity index (χ3v) is 5.60. The molecule has 2 aromatic carbocycles. The van der Waals surface area contributed by atoms with Gasteiger partial charge in [0.1, 0.15) is 6.10 Å². The van der Waals surface area contributed by atoms with Crippen LogP contribution in [-0.2, 0) is 11.2 Å². The topological polar surface area (TPSA) is 51.2 Å². The number of allylic oxidation sites excluding steroid dienone is 1. The third kappa shape index (κ3) is 3.48. The van der Waals surface area contributed by atoms with Crippen LogP contribution in [0.3, 0.4) is 0 Å². The molecule has 0 saturated heterocycles. The van der Waals surface area contributed by atoms with E-state index in [1.165, 1.54) is 6.07 Å². The second kappa shape index (κ2) is 7.32. The molecule has 5 rings (SSSR count). The number of para-hydroxylation sites is 1. The van der Waals surface area contributed by atoms with Crippen molar-refractivity contribution in [3.8, 4) is 16.9 Å². The van der Waals surface area contributed by atoms with Crippen LogP contribution in [0.5, 0.6) is 5.75 Å². The molecule has 0 fully saturated rings. The van der Waals surface area contributed by atoms with Crippen molar-refractivity contribution in [2.24, 2.45) is 0 Å². The first kappa shape index (κ1) is 17.9. The lowest BCUT2D eigenvalue weighted by Gasteiger charge is -2.12. The average Bonchev–Trinajstić information content (AvgIpc) is 3.42. The highest BCUT2D eigenvalue weighted by Gasteiger charge is 2.27. The molecule has 0 spiro atoms. The molecule has 1 amide bonds. The molecule has 0 unspecified atom stereocenters. The van der Waals surface area contributed by atoms with Gasteiger partial charge in [-0.05, 0) is 49.1 Å². The lowest BCUT2D eigenvalue weighted by atomic mass is 10.0. The molecule has 1 aliphatic carbocycles. The number of carbonyl (C=O) groups is 1. The molecule has 0 saturated carbocycles. The average molecular weight is 388 g/mol. The molecular formula is C24H21FN2O2. The van der Waals surface area contributed by atoms with Crippen molar-refractivity contribution in [2.75, 3.05) is 6.54 Å². The first-order chi connectivity index (χ1) is 14.2. The van der Waals surface area contributed by atoms with E-state index in [-0.39, 0.29) is 17.8 Å². The fourth-order valence-electron chi connectivity index (χ4n) is 4.09. The maximum Gasteiger partial charge on any atom is 0.247 e. The summed E-state index contributed by atoms with van der Waals surface area (Å²) in [6.45, 7) is 0.372. The Morgan fingerprint density at radius 1 is 1.21 bits per heavy atom. The van der Waals surface area contributed by atoms with Crippen LogP contribution < -0.4 is 10.1 Å². The van der Waals surface area contributed by atoms with Crippen LogP contribution in [0.25, 0.3) is 22.0 Å². The predicted octanol–water partition coefficient (Wildman–Crippen LogP) is 4.57. The molecule has 29 heavy (non-hydrogen) atoms. The summed E-state index contributed by atoms with van der Waals surface area (Å²) in [6.07, 6.45) is 6.90. The summed E-state index contributed by atoms with van der Waals surface area (Å²) in [5, 5.41) is 3.94. The largest absolute Gasteiger partial charge is 0.485 e. The number of benzene rings is 2. The number of hydrogen-bond donors (Lipinski definition) is 1. The van der Waals surface area contributed by atoms with Crippen molar-refractivity contribution >= 4 is 16.8 Å². The standard InChI is InChI=1S/C24H21FN2O2/c25-21-12-17(19-9-16-7-3-4-8-22(16)26-13-19)10-18-11-20(29-23(18)21)14-27-24(28)15-5-1-2-6-15/h3-5,7-10,12-13,20H,1-2,6,11,14H2,(H,27,28)/t20-/m1/s1. The summed E-state index contributed by atoms with van der Waals surface area (Å²) in [5.41, 5.74) is 4.24. The van der Waals surface area contributed by atoms with Gasteiger partial charge in [-0.2, -0.15) is 0 Å². The summed E-state index contributed by atoms with van der Waals surface area (Å²) in [4.78, 5) is 16.6.